The second-order valence-electron chi connectivity index (χ2n) is 5.67. The van der Waals surface area contributed by atoms with Crippen molar-refractivity contribution in [3.63, 3.8) is 0 Å². The Balaban J connectivity index is 1.68. The topological polar surface area (TPSA) is 91.6 Å². The summed E-state index contributed by atoms with van der Waals surface area (Å²) in [5.74, 6) is 0.731. The quantitative estimate of drug-likeness (QED) is 0.912. The molecule has 1 N–H and O–H groups in total. The van der Waals surface area contributed by atoms with Gasteiger partial charge in [-0.1, -0.05) is 5.16 Å². The van der Waals surface area contributed by atoms with Gasteiger partial charge in [-0.2, -0.15) is 0 Å². The molecule has 2 aromatic heterocycles. The predicted octanol–water partition coefficient (Wildman–Crippen LogP) is 1.30. The van der Waals surface area contributed by atoms with Crippen LogP contribution in [0.4, 0.5) is 11.5 Å². The van der Waals surface area contributed by atoms with Crippen molar-refractivity contribution in [1.82, 2.24) is 15.0 Å². The first kappa shape index (κ1) is 16.0. The first-order valence-electron chi connectivity index (χ1n) is 7.74. The molecule has 0 bridgehead atoms. The molecule has 8 heteroatoms. The van der Waals surface area contributed by atoms with Crippen molar-refractivity contribution in [1.29, 1.82) is 0 Å². The molecule has 2 amide bonds. The third-order valence-corrected chi connectivity index (χ3v) is 3.94. The van der Waals surface area contributed by atoms with Crippen molar-refractivity contribution >= 4 is 23.3 Å². The van der Waals surface area contributed by atoms with E-state index < -0.39 is 0 Å². The van der Waals surface area contributed by atoms with E-state index in [4.69, 9.17) is 4.52 Å². The molecule has 3 rings (SSSR count). The number of pyridine rings is 1. The Hall–Kier alpha value is -2.90. The van der Waals surface area contributed by atoms with Crippen LogP contribution in [0.3, 0.4) is 0 Å². The fraction of sp³-hybridized carbons (Fsp3) is 0.375. The number of rotatable bonds is 3. The summed E-state index contributed by atoms with van der Waals surface area (Å²) in [7, 11) is 0. The molecule has 3 heterocycles. The van der Waals surface area contributed by atoms with Gasteiger partial charge in [0.2, 0.25) is 5.91 Å². The Bertz CT molecular complexity index is 750. The number of carbonyl (C=O) groups is 2. The Kier molecular flexibility index (Phi) is 4.45. The van der Waals surface area contributed by atoms with Gasteiger partial charge in [-0.05, 0) is 19.1 Å². The van der Waals surface area contributed by atoms with Gasteiger partial charge >= 0.3 is 0 Å². The highest BCUT2D eigenvalue weighted by molar-refractivity contribution is 6.02. The molecule has 2 aromatic rings. The number of nitrogens with one attached hydrogen (secondary N) is 1. The SMILES string of the molecule is CC(=O)N1CCN(c2ccnc(C(=O)Nc3cc(C)on3)c2)CC1. The minimum atomic E-state index is -0.340. The second-order valence-corrected chi connectivity index (χ2v) is 5.67. The standard InChI is InChI=1S/C16H19N5O3/c1-11-9-15(19-24-11)18-16(23)14-10-13(3-4-17-14)21-7-5-20(6-8-21)12(2)22/h3-4,9-10H,5-8H2,1-2H3,(H,18,19,23). The summed E-state index contributed by atoms with van der Waals surface area (Å²) in [6, 6.07) is 5.24. The van der Waals surface area contributed by atoms with Crippen LogP contribution in [0.2, 0.25) is 0 Å². The van der Waals surface area contributed by atoms with Gasteiger partial charge in [0.05, 0.1) is 0 Å². The third-order valence-electron chi connectivity index (χ3n) is 3.94. The van der Waals surface area contributed by atoms with Crippen LogP contribution in [-0.2, 0) is 4.79 Å². The molecule has 24 heavy (non-hydrogen) atoms. The Morgan fingerprint density at radius 3 is 2.58 bits per heavy atom. The lowest BCUT2D eigenvalue weighted by Gasteiger charge is -2.35. The van der Waals surface area contributed by atoms with Crippen LogP contribution in [0.15, 0.2) is 28.9 Å². The number of nitrogens with zero attached hydrogens (tertiary/aromatic N) is 4. The zero-order valence-corrected chi connectivity index (χ0v) is 13.7. The Morgan fingerprint density at radius 2 is 1.96 bits per heavy atom. The lowest BCUT2D eigenvalue weighted by Crippen LogP contribution is -2.48. The van der Waals surface area contributed by atoms with Crippen LogP contribution >= 0.6 is 0 Å². The highest BCUT2D eigenvalue weighted by atomic mass is 16.5. The van der Waals surface area contributed by atoms with Crippen molar-refractivity contribution in [2.75, 3.05) is 36.4 Å². The molecular formula is C16H19N5O3. The van der Waals surface area contributed by atoms with Crippen molar-refractivity contribution in [3.8, 4) is 0 Å². The zero-order valence-electron chi connectivity index (χ0n) is 13.7. The van der Waals surface area contributed by atoms with Crippen LogP contribution in [-0.4, -0.2) is 53.0 Å². The molecule has 0 saturated carbocycles. The molecule has 0 aliphatic carbocycles. The largest absolute Gasteiger partial charge is 0.368 e. The molecule has 1 aliphatic rings. The van der Waals surface area contributed by atoms with Crippen molar-refractivity contribution in [2.45, 2.75) is 13.8 Å². The summed E-state index contributed by atoms with van der Waals surface area (Å²) in [5.41, 5.74) is 1.22. The molecule has 126 valence electrons. The van der Waals surface area contributed by atoms with E-state index in [1.165, 1.54) is 0 Å². The molecule has 8 nitrogen and oxygen atoms in total. The summed E-state index contributed by atoms with van der Waals surface area (Å²) in [6.45, 7) is 6.15. The normalized spacial score (nSPS) is 14.6. The maximum absolute atomic E-state index is 12.3. The molecule has 0 spiro atoms. The van der Waals surface area contributed by atoms with Crippen LogP contribution in [0.5, 0.6) is 0 Å². The number of aromatic nitrogens is 2. The number of piperazine rings is 1. The number of amides is 2. The molecule has 1 saturated heterocycles. The van der Waals surface area contributed by atoms with Gasteiger partial charge in [-0.3, -0.25) is 14.6 Å². The van der Waals surface area contributed by atoms with E-state index in [1.807, 2.05) is 11.0 Å². The highest BCUT2D eigenvalue weighted by Gasteiger charge is 2.20. The molecule has 1 aliphatic heterocycles. The molecule has 0 radical (unpaired) electrons. The predicted molar refractivity (Wildman–Crippen MR) is 87.9 cm³/mol. The van der Waals surface area contributed by atoms with Gasteiger partial charge in [0.15, 0.2) is 5.82 Å². The van der Waals surface area contributed by atoms with E-state index in [2.05, 4.69) is 20.4 Å². The van der Waals surface area contributed by atoms with E-state index in [0.29, 0.717) is 30.4 Å². The third kappa shape index (κ3) is 3.53. The van der Waals surface area contributed by atoms with Crippen LogP contribution in [0.25, 0.3) is 0 Å². The van der Waals surface area contributed by atoms with E-state index in [0.717, 1.165) is 18.8 Å². The number of carbonyl (C=O) groups excluding carboxylic acids is 2. The monoisotopic (exact) mass is 329 g/mol. The summed E-state index contributed by atoms with van der Waals surface area (Å²) in [6.07, 6.45) is 1.61. The Morgan fingerprint density at radius 1 is 1.21 bits per heavy atom. The first-order chi connectivity index (χ1) is 11.5. The van der Waals surface area contributed by atoms with E-state index >= 15 is 0 Å². The highest BCUT2D eigenvalue weighted by Crippen LogP contribution is 2.18. The average molecular weight is 329 g/mol. The van der Waals surface area contributed by atoms with Crippen molar-refractivity contribution in [2.24, 2.45) is 0 Å². The fourth-order valence-electron chi connectivity index (χ4n) is 2.63. The van der Waals surface area contributed by atoms with E-state index in [-0.39, 0.29) is 11.8 Å². The molecule has 0 unspecified atom stereocenters. The lowest BCUT2D eigenvalue weighted by molar-refractivity contribution is -0.129. The zero-order chi connectivity index (χ0) is 17.1. The molecular weight excluding hydrogens is 310 g/mol. The van der Waals surface area contributed by atoms with Gasteiger partial charge < -0.3 is 19.6 Å². The van der Waals surface area contributed by atoms with Crippen molar-refractivity contribution in [3.05, 3.63) is 35.9 Å². The van der Waals surface area contributed by atoms with Gasteiger partial charge in [-0.25, -0.2) is 0 Å². The lowest BCUT2D eigenvalue weighted by atomic mass is 10.2. The van der Waals surface area contributed by atoms with Gasteiger partial charge in [0, 0.05) is 51.1 Å². The molecule has 1 fully saturated rings. The van der Waals surface area contributed by atoms with E-state index in [1.54, 1.807) is 32.2 Å². The average Bonchev–Trinajstić information content (AvgIpc) is 3.00. The smallest absolute Gasteiger partial charge is 0.275 e. The summed E-state index contributed by atoms with van der Waals surface area (Å²) < 4.78 is 4.92. The number of aryl methyl sites for hydroxylation is 1. The number of anilines is 2. The number of hydrogen-bond acceptors (Lipinski definition) is 6. The minimum Gasteiger partial charge on any atom is -0.368 e. The van der Waals surface area contributed by atoms with Crippen molar-refractivity contribution < 1.29 is 14.1 Å². The fourth-order valence-corrected chi connectivity index (χ4v) is 2.63. The van der Waals surface area contributed by atoms with Gasteiger partial charge in [0.1, 0.15) is 11.5 Å². The second kappa shape index (κ2) is 6.69. The maximum atomic E-state index is 12.3. The maximum Gasteiger partial charge on any atom is 0.275 e. The number of hydrogen-bond donors (Lipinski definition) is 1. The van der Waals surface area contributed by atoms with Crippen LogP contribution in [0.1, 0.15) is 23.2 Å². The van der Waals surface area contributed by atoms with Crippen LogP contribution in [0, 0.1) is 6.92 Å². The summed E-state index contributed by atoms with van der Waals surface area (Å²) in [5, 5.41) is 6.39. The van der Waals surface area contributed by atoms with Gasteiger partial charge in [-0.15, -0.1) is 0 Å². The van der Waals surface area contributed by atoms with Crippen LogP contribution < -0.4 is 10.2 Å². The summed E-state index contributed by atoms with van der Waals surface area (Å²) >= 11 is 0. The molecule has 0 atom stereocenters. The minimum absolute atomic E-state index is 0.0901. The molecule has 0 aromatic carbocycles. The Labute approximate surface area is 139 Å². The first-order valence-corrected chi connectivity index (χ1v) is 7.74. The summed E-state index contributed by atoms with van der Waals surface area (Å²) in [4.78, 5) is 31.7. The van der Waals surface area contributed by atoms with E-state index in [9.17, 15) is 9.59 Å². The van der Waals surface area contributed by atoms with Gasteiger partial charge in [0.25, 0.3) is 5.91 Å².